The lowest BCUT2D eigenvalue weighted by Gasteiger charge is -2.37. The molecule has 1 aliphatic rings. The monoisotopic (exact) mass is 244 g/mol. The third kappa shape index (κ3) is 2.83. The minimum atomic E-state index is -0.198. The Labute approximate surface area is 109 Å². The van der Waals surface area contributed by atoms with Gasteiger partial charge in [-0.1, -0.05) is 26.0 Å². The van der Waals surface area contributed by atoms with Gasteiger partial charge in [-0.25, -0.2) is 0 Å². The van der Waals surface area contributed by atoms with E-state index in [-0.39, 0.29) is 11.8 Å². The van der Waals surface area contributed by atoms with Crippen LogP contribution in [-0.2, 0) is 0 Å². The van der Waals surface area contributed by atoms with Crippen LogP contribution in [0.3, 0.4) is 0 Å². The molecule has 0 amide bonds. The maximum Gasteiger partial charge on any atom is 0.123 e. The second-order valence-corrected chi connectivity index (χ2v) is 5.52. The van der Waals surface area contributed by atoms with E-state index in [1.165, 1.54) is 6.42 Å². The van der Waals surface area contributed by atoms with Gasteiger partial charge in [0.05, 0.1) is 6.07 Å². The number of nitriles is 1. The van der Waals surface area contributed by atoms with E-state index in [1.807, 2.05) is 12.1 Å². The van der Waals surface area contributed by atoms with Crippen molar-refractivity contribution in [2.24, 2.45) is 11.8 Å². The van der Waals surface area contributed by atoms with Crippen LogP contribution < -0.4 is 0 Å². The topological polar surface area (TPSA) is 47.3 Å². The molecule has 3 heteroatoms. The first-order valence-corrected chi connectivity index (χ1v) is 6.52. The second-order valence-electron chi connectivity index (χ2n) is 5.52. The lowest BCUT2D eigenvalue weighted by molar-refractivity contribution is 0.117. The Morgan fingerprint density at radius 2 is 1.78 bits per heavy atom. The molecule has 1 aromatic rings. The van der Waals surface area contributed by atoms with Gasteiger partial charge in [-0.05, 0) is 36.0 Å². The molecule has 2 rings (SSSR count). The molecule has 1 aliphatic heterocycles. The Morgan fingerprint density at radius 1 is 1.22 bits per heavy atom. The standard InChI is InChI=1S/C15H20N2O/c1-11-7-12(2)10-17(9-11)15(8-16)13-3-5-14(18)6-4-13/h3-6,11-12,15,18H,7,9-10H2,1-2H3. The van der Waals surface area contributed by atoms with Gasteiger partial charge in [-0.15, -0.1) is 0 Å². The van der Waals surface area contributed by atoms with Gasteiger partial charge in [0.1, 0.15) is 11.8 Å². The molecule has 1 fully saturated rings. The highest BCUT2D eigenvalue weighted by Crippen LogP contribution is 2.29. The molecule has 3 atom stereocenters. The Balaban J connectivity index is 2.18. The molecular weight excluding hydrogens is 224 g/mol. The summed E-state index contributed by atoms with van der Waals surface area (Å²) < 4.78 is 0. The van der Waals surface area contributed by atoms with E-state index in [1.54, 1.807) is 12.1 Å². The maximum absolute atomic E-state index is 9.42. The number of likely N-dealkylation sites (tertiary alicyclic amines) is 1. The van der Waals surface area contributed by atoms with Crippen LogP contribution in [0.25, 0.3) is 0 Å². The van der Waals surface area contributed by atoms with Crippen molar-refractivity contribution >= 4 is 0 Å². The number of nitrogens with zero attached hydrogens (tertiary/aromatic N) is 2. The van der Waals surface area contributed by atoms with Crippen molar-refractivity contribution in [2.45, 2.75) is 26.3 Å². The summed E-state index contributed by atoms with van der Waals surface area (Å²) in [6.07, 6.45) is 1.24. The first-order chi connectivity index (χ1) is 8.60. The van der Waals surface area contributed by atoms with E-state index in [9.17, 15) is 10.4 Å². The highest BCUT2D eigenvalue weighted by molar-refractivity contribution is 5.30. The van der Waals surface area contributed by atoms with Gasteiger partial charge in [0.25, 0.3) is 0 Å². The van der Waals surface area contributed by atoms with Crippen molar-refractivity contribution in [1.29, 1.82) is 5.26 Å². The molecule has 0 aromatic heterocycles. The zero-order chi connectivity index (χ0) is 13.1. The third-order valence-corrected chi connectivity index (χ3v) is 3.59. The van der Waals surface area contributed by atoms with Crippen LogP contribution in [0, 0.1) is 23.2 Å². The van der Waals surface area contributed by atoms with E-state index in [2.05, 4.69) is 24.8 Å². The summed E-state index contributed by atoms with van der Waals surface area (Å²) in [7, 11) is 0. The Bertz CT molecular complexity index is 425. The Kier molecular flexibility index (Phi) is 3.88. The normalized spacial score (nSPS) is 26.5. The average Bonchev–Trinajstić information content (AvgIpc) is 2.31. The summed E-state index contributed by atoms with van der Waals surface area (Å²) in [5.41, 5.74) is 0.969. The predicted octanol–water partition coefficient (Wildman–Crippen LogP) is 2.93. The number of hydrogen-bond donors (Lipinski definition) is 1. The fraction of sp³-hybridized carbons (Fsp3) is 0.533. The molecule has 1 aromatic carbocycles. The van der Waals surface area contributed by atoms with Gasteiger partial charge in [-0.2, -0.15) is 5.26 Å². The number of benzene rings is 1. The summed E-state index contributed by atoms with van der Waals surface area (Å²) in [5, 5.41) is 18.7. The molecule has 96 valence electrons. The minimum absolute atomic E-state index is 0.198. The maximum atomic E-state index is 9.42. The SMILES string of the molecule is CC1CC(C)CN(C(C#N)c2ccc(O)cc2)C1. The fourth-order valence-corrected chi connectivity index (χ4v) is 2.95. The average molecular weight is 244 g/mol. The van der Waals surface area contributed by atoms with Gasteiger partial charge in [0.15, 0.2) is 0 Å². The highest BCUT2D eigenvalue weighted by Gasteiger charge is 2.28. The number of phenolic OH excluding ortho intramolecular Hbond substituents is 1. The summed E-state index contributed by atoms with van der Waals surface area (Å²) in [6.45, 7) is 6.44. The van der Waals surface area contributed by atoms with E-state index >= 15 is 0 Å². The summed E-state index contributed by atoms with van der Waals surface area (Å²) in [6, 6.07) is 9.17. The molecule has 1 N–H and O–H groups in total. The number of piperidine rings is 1. The molecule has 18 heavy (non-hydrogen) atoms. The molecule has 1 heterocycles. The Morgan fingerprint density at radius 3 is 2.28 bits per heavy atom. The first-order valence-electron chi connectivity index (χ1n) is 6.52. The van der Waals surface area contributed by atoms with Gasteiger partial charge in [-0.3, -0.25) is 4.90 Å². The van der Waals surface area contributed by atoms with Crippen molar-refractivity contribution in [2.75, 3.05) is 13.1 Å². The Hall–Kier alpha value is -1.53. The lowest BCUT2D eigenvalue weighted by atomic mass is 9.90. The lowest BCUT2D eigenvalue weighted by Crippen LogP contribution is -2.40. The van der Waals surface area contributed by atoms with Crippen LogP contribution in [0.15, 0.2) is 24.3 Å². The smallest absolute Gasteiger partial charge is 0.123 e. The number of aromatic hydroxyl groups is 1. The third-order valence-electron chi connectivity index (χ3n) is 3.59. The zero-order valence-electron chi connectivity index (χ0n) is 11.0. The number of phenols is 1. The number of rotatable bonds is 2. The van der Waals surface area contributed by atoms with E-state index in [0.717, 1.165) is 18.7 Å². The highest BCUT2D eigenvalue weighted by atomic mass is 16.3. The molecule has 3 nitrogen and oxygen atoms in total. The van der Waals surface area contributed by atoms with Crippen LogP contribution in [-0.4, -0.2) is 23.1 Å². The van der Waals surface area contributed by atoms with E-state index < -0.39 is 0 Å². The molecule has 0 saturated carbocycles. The van der Waals surface area contributed by atoms with Crippen LogP contribution in [0.2, 0.25) is 0 Å². The van der Waals surface area contributed by atoms with Gasteiger partial charge < -0.3 is 5.11 Å². The van der Waals surface area contributed by atoms with Crippen LogP contribution in [0.1, 0.15) is 31.9 Å². The van der Waals surface area contributed by atoms with Crippen LogP contribution in [0.4, 0.5) is 0 Å². The van der Waals surface area contributed by atoms with Crippen molar-refractivity contribution in [3.8, 4) is 11.8 Å². The van der Waals surface area contributed by atoms with Gasteiger partial charge in [0, 0.05) is 13.1 Å². The molecule has 3 unspecified atom stereocenters. The molecule has 1 saturated heterocycles. The zero-order valence-corrected chi connectivity index (χ0v) is 11.0. The van der Waals surface area contributed by atoms with Crippen molar-refractivity contribution in [3.63, 3.8) is 0 Å². The second kappa shape index (κ2) is 5.41. The van der Waals surface area contributed by atoms with Crippen molar-refractivity contribution < 1.29 is 5.11 Å². The van der Waals surface area contributed by atoms with E-state index in [0.29, 0.717) is 11.8 Å². The molecule has 0 spiro atoms. The quantitative estimate of drug-likeness (QED) is 0.870. The van der Waals surface area contributed by atoms with Crippen LogP contribution in [0.5, 0.6) is 5.75 Å². The van der Waals surface area contributed by atoms with Crippen molar-refractivity contribution in [1.82, 2.24) is 4.90 Å². The largest absolute Gasteiger partial charge is 0.508 e. The minimum Gasteiger partial charge on any atom is -0.508 e. The predicted molar refractivity (Wildman–Crippen MR) is 71.0 cm³/mol. The van der Waals surface area contributed by atoms with Crippen molar-refractivity contribution in [3.05, 3.63) is 29.8 Å². The van der Waals surface area contributed by atoms with Crippen LogP contribution >= 0.6 is 0 Å². The van der Waals surface area contributed by atoms with Gasteiger partial charge in [0.2, 0.25) is 0 Å². The molecule has 0 bridgehead atoms. The molecular formula is C15H20N2O. The van der Waals surface area contributed by atoms with E-state index in [4.69, 9.17) is 0 Å². The summed E-state index contributed by atoms with van der Waals surface area (Å²) in [5.74, 6) is 1.53. The molecule has 0 aliphatic carbocycles. The number of hydrogen-bond acceptors (Lipinski definition) is 3. The summed E-state index contributed by atoms with van der Waals surface area (Å²) in [4.78, 5) is 2.26. The summed E-state index contributed by atoms with van der Waals surface area (Å²) >= 11 is 0. The first kappa shape index (κ1) is 12.9. The van der Waals surface area contributed by atoms with Gasteiger partial charge >= 0.3 is 0 Å². The fourth-order valence-electron chi connectivity index (χ4n) is 2.95. The molecule has 0 radical (unpaired) electrons.